The van der Waals surface area contributed by atoms with Crippen molar-refractivity contribution in [2.24, 2.45) is 5.41 Å². The number of benzene rings is 1. The van der Waals surface area contributed by atoms with Gasteiger partial charge in [0.25, 0.3) is 5.91 Å². The molecule has 0 fully saturated rings. The van der Waals surface area contributed by atoms with Gasteiger partial charge in [0.05, 0.1) is 11.0 Å². The largest absolute Gasteiger partial charge is 0.481 e. The van der Waals surface area contributed by atoms with Crippen LogP contribution in [-0.2, 0) is 4.79 Å². The topological polar surface area (TPSA) is 66.4 Å². The third-order valence-corrected chi connectivity index (χ3v) is 3.30. The van der Waals surface area contributed by atoms with Crippen LogP contribution < -0.4 is 5.32 Å². The van der Waals surface area contributed by atoms with Crippen molar-refractivity contribution in [2.45, 2.75) is 27.2 Å². The number of carbonyl (C=O) groups excluding carboxylic acids is 1. The van der Waals surface area contributed by atoms with Crippen LogP contribution in [0.15, 0.2) is 18.2 Å². The van der Waals surface area contributed by atoms with Crippen molar-refractivity contribution in [1.29, 1.82) is 0 Å². The van der Waals surface area contributed by atoms with Gasteiger partial charge in [-0.05, 0) is 38.0 Å². The van der Waals surface area contributed by atoms with Crippen LogP contribution in [-0.4, -0.2) is 23.5 Å². The van der Waals surface area contributed by atoms with E-state index < -0.39 is 23.1 Å². The first-order chi connectivity index (χ1) is 8.80. The highest BCUT2D eigenvalue weighted by molar-refractivity contribution is 5.94. The summed E-state index contributed by atoms with van der Waals surface area (Å²) >= 11 is 0. The number of carbonyl (C=O) groups is 2. The lowest BCUT2D eigenvalue weighted by Crippen LogP contribution is -2.40. The predicted molar refractivity (Wildman–Crippen MR) is 69.5 cm³/mol. The Labute approximate surface area is 111 Å². The average Bonchev–Trinajstić information content (AvgIpc) is 2.35. The van der Waals surface area contributed by atoms with Crippen LogP contribution >= 0.6 is 0 Å². The molecule has 1 rings (SSSR count). The molecule has 19 heavy (non-hydrogen) atoms. The third kappa shape index (κ3) is 3.53. The van der Waals surface area contributed by atoms with Gasteiger partial charge in [-0.25, -0.2) is 4.39 Å². The summed E-state index contributed by atoms with van der Waals surface area (Å²) < 4.78 is 13.6. The van der Waals surface area contributed by atoms with E-state index >= 15 is 0 Å². The normalized spacial score (nSPS) is 13.7. The number of carboxylic acid groups (broad SMARTS) is 1. The molecule has 1 amide bonds. The number of rotatable bonds is 5. The molecule has 0 aromatic heterocycles. The number of hydrogen-bond donors (Lipinski definition) is 2. The Bertz CT molecular complexity index is 501. The van der Waals surface area contributed by atoms with E-state index in [1.54, 1.807) is 26.8 Å². The number of hydrogen-bond acceptors (Lipinski definition) is 2. The summed E-state index contributed by atoms with van der Waals surface area (Å²) in [7, 11) is 0. The van der Waals surface area contributed by atoms with Crippen molar-refractivity contribution in [3.05, 3.63) is 35.1 Å². The van der Waals surface area contributed by atoms with Crippen LogP contribution in [0.3, 0.4) is 0 Å². The molecule has 0 spiro atoms. The van der Waals surface area contributed by atoms with E-state index in [0.29, 0.717) is 6.42 Å². The molecule has 4 nitrogen and oxygen atoms in total. The van der Waals surface area contributed by atoms with E-state index in [2.05, 4.69) is 5.32 Å². The van der Waals surface area contributed by atoms with Gasteiger partial charge in [0.2, 0.25) is 0 Å². The minimum Gasteiger partial charge on any atom is -0.481 e. The first-order valence-corrected chi connectivity index (χ1v) is 6.08. The molecule has 5 heteroatoms. The number of nitrogens with one attached hydrogen (secondary N) is 1. The number of aryl methyl sites for hydroxylation is 1. The molecule has 0 bridgehead atoms. The van der Waals surface area contributed by atoms with E-state index in [1.165, 1.54) is 12.1 Å². The lowest BCUT2D eigenvalue weighted by molar-refractivity contribution is -0.147. The Morgan fingerprint density at radius 2 is 2.05 bits per heavy atom. The van der Waals surface area contributed by atoms with Crippen LogP contribution in [0.5, 0.6) is 0 Å². The summed E-state index contributed by atoms with van der Waals surface area (Å²) in [5, 5.41) is 11.6. The molecule has 0 aliphatic heterocycles. The lowest BCUT2D eigenvalue weighted by atomic mass is 9.87. The fraction of sp³-hybridized carbons (Fsp3) is 0.429. The van der Waals surface area contributed by atoms with Crippen molar-refractivity contribution in [1.82, 2.24) is 5.32 Å². The minimum atomic E-state index is -1.04. The fourth-order valence-electron chi connectivity index (χ4n) is 1.53. The van der Waals surface area contributed by atoms with Gasteiger partial charge in [-0.2, -0.15) is 0 Å². The van der Waals surface area contributed by atoms with Gasteiger partial charge in [0.1, 0.15) is 5.82 Å². The zero-order valence-corrected chi connectivity index (χ0v) is 11.3. The van der Waals surface area contributed by atoms with E-state index in [0.717, 1.165) is 5.56 Å². The zero-order chi connectivity index (χ0) is 14.6. The van der Waals surface area contributed by atoms with Crippen molar-refractivity contribution in [3.63, 3.8) is 0 Å². The summed E-state index contributed by atoms with van der Waals surface area (Å²) in [6.07, 6.45) is 0.374. The Morgan fingerprint density at radius 3 is 2.53 bits per heavy atom. The standard InChI is InChI=1S/C14H18FNO3/c1-4-14(3,13(18)19)8-16-12(17)10-6-5-9(2)7-11(10)15/h5-7H,4,8H2,1-3H3,(H,16,17)(H,18,19). The molecule has 0 aliphatic carbocycles. The SMILES string of the molecule is CCC(C)(CNC(=O)c1ccc(C)cc1F)C(=O)O. The summed E-state index contributed by atoms with van der Waals surface area (Å²) in [6.45, 7) is 4.96. The molecule has 104 valence electrons. The molecule has 0 aliphatic rings. The van der Waals surface area contributed by atoms with Gasteiger partial charge in [-0.1, -0.05) is 13.0 Å². The molecule has 0 heterocycles. The smallest absolute Gasteiger partial charge is 0.311 e. The Kier molecular flexibility index (Phi) is 4.64. The highest BCUT2D eigenvalue weighted by Gasteiger charge is 2.31. The molecule has 0 saturated heterocycles. The first kappa shape index (κ1) is 15.1. The number of carboxylic acids is 1. The molecular formula is C14H18FNO3. The zero-order valence-electron chi connectivity index (χ0n) is 11.3. The summed E-state index contributed by atoms with van der Waals surface area (Å²) in [5.41, 5.74) is -0.399. The molecule has 0 saturated carbocycles. The average molecular weight is 267 g/mol. The Hall–Kier alpha value is -1.91. The van der Waals surface area contributed by atoms with Crippen molar-refractivity contribution >= 4 is 11.9 Å². The summed E-state index contributed by atoms with van der Waals surface area (Å²) in [6, 6.07) is 4.30. The van der Waals surface area contributed by atoms with Gasteiger partial charge >= 0.3 is 5.97 Å². The van der Waals surface area contributed by atoms with Crippen LogP contribution in [0.1, 0.15) is 36.2 Å². The second-order valence-electron chi connectivity index (χ2n) is 4.89. The Balaban J connectivity index is 2.78. The fourth-order valence-corrected chi connectivity index (χ4v) is 1.53. The molecule has 1 atom stereocenters. The number of halogens is 1. The maximum Gasteiger partial charge on any atom is 0.311 e. The predicted octanol–water partition coefficient (Wildman–Crippen LogP) is 2.36. The maximum atomic E-state index is 13.6. The van der Waals surface area contributed by atoms with Gasteiger partial charge in [0, 0.05) is 6.54 Å². The quantitative estimate of drug-likeness (QED) is 0.860. The van der Waals surface area contributed by atoms with Crippen LogP contribution in [0.4, 0.5) is 4.39 Å². The van der Waals surface area contributed by atoms with Crippen LogP contribution in [0.25, 0.3) is 0 Å². The monoisotopic (exact) mass is 267 g/mol. The van der Waals surface area contributed by atoms with E-state index in [-0.39, 0.29) is 12.1 Å². The molecule has 1 aromatic rings. The third-order valence-electron chi connectivity index (χ3n) is 3.30. The van der Waals surface area contributed by atoms with Crippen LogP contribution in [0.2, 0.25) is 0 Å². The van der Waals surface area contributed by atoms with Crippen molar-refractivity contribution in [3.8, 4) is 0 Å². The second-order valence-corrected chi connectivity index (χ2v) is 4.89. The second kappa shape index (κ2) is 5.82. The summed E-state index contributed by atoms with van der Waals surface area (Å²) in [4.78, 5) is 22.9. The molecular weight excluding hydrogens is 249 g/mol. The first-order valence-electron chi connectivity index (χ1n) is 6.08. The molecule has 1 unspecified atom stereocenters. The maximum absolute atomic E-state index is 13.6. The van der Waals surface area contributed by atoms with Crippen molar-refractivity contribution < 1.29 is 19.1 Å². The molecule has 1 aromatic carbocycles. The Morgan fingerprint density at radius 1 is 1.42 bits per heavy atom. The van der Waals surface area contributed by atoms with Gasteiger partial charge in [-0.15, -0.1) is 0 Å². The number of amides is 1. The molecule has 2 N–H and O–H groups in total. The van der Waals surface area contributed by atoms with Crippen molar-refractivity contribution in [2.75, 3.05) is 6.54 Å². The highest BCUT2D eigenvalue weighted by Crippen LogP contribution is 2.20. The van der Waals surface area contributed by atoms with E-state index in [4.69, 9.17) is 5.11 Å². The van der Waals surface area contributed by atoms with E-state index in [1.807, 2.05) is 0 Å². The summed E-state index contributed by atoms with van der Waals surface area (Å²) in [5.74, 6) is -2.19. The van der Waals surface area contributed by atoms with Gasteiger partial charge in [-0.3, -0.25) is 9.59 Å². The highest BCUT2D eigenvalue weighted by atomic mass is 19.1. The molecule has 0 radical (unpaired) electrons. The minimum absolute atomic E-state index is 0.0367. The van der Waals surface area contributed by atoms with Crippen LogP contribution in [0, 0.1) is 18.2 Å². The van der Waals surface area contributed by atoms with Gasteiger partial charge in [0.15, 0.2) is 0 Å². The lowest BCUT2D eigenvalue weighted by Gasteiger charge is -2.23. The van der Waals surface area contributed by atoms with E-state index in [9.17, 15) is 14.0 Å². The number of aliphatic carboxylic acids is 1. The van der Waals surface area contributed by atoms with Gasteiger partial charge < -0.3 is 10.4 Å².